The van der Waals surface area contributed by atoms with Crippen LogP contribution in [0.25, 0.3) is 0 Å². The molecule has 0 radical (unpaired) electrons. The molecule has 24 heavy (non-hydrogen) atoms. The van der Waals surface area contributed by atoms with Gasteiger partial charge in [-0.05, 0) is 56.3 Å². The number of piperazine rings is 1. The smallest absolute Gasteiger partial charge is 0.407 e. The predicted molar refractivity (Wildman–Crippen MR) is 92.3 cm³/mol. The lowest BCUT2D eigenvalue weighted by Crippen LogP contribution is -2.61. The van der Waals surface area contributed by atoms with Gasteiger partial charge in [0.25, 0.3) is 0 Å². The number of amides is 2. The lowest BCUT2D eigenvalue weighted by molar-refractivity contribution is -0.128. The number of carboxylic acid groups (broad SMARTS) is 1. The van der Waals surface area contributed by atoms with Crippen LogP contribution >= 0.6 is 12.4 Å². The fraction of sp³-hybridized carbons (Fsp3) is 0.882. The Morgan fingerprint density at radius 3 is 1.92 bits per heavy atom. The minimum Gasteiger partial charge on any atom is -0.465 e. The van der Waals surface area contributed by atoms with Crippen LogP contribution in [0.4, 0.5) is 4.79 Å². The van der Waals surface area contributed by atoms with E-state index in [9.17, 15) is 9.59 Å². The summed E-state index contributed by atoms with van der Waals surface area (Å²) in [5, 5.41) is 12.4. The van der Waals surface area contributed by atoms with Crippen molar-refractivity contribution in [2.24, 2.45) is 17.8 Å². The van der Waals surface area contributed by atoms with Gasteiger partial charge in [-0.2, -0.15) is 0 Å². The summed E-state index contributed by atoms with van der Waals surface area (Å²) >= 11 is 0. The van der Waals surface area contributed by atoms with E-state index in [1.807, 2.05) is 0 Å². The average molecular weight is 358 g/mol. The van der Waals surface area contributed by atoms with E-state index in [0.29, 0.717) is 32.7 Å². The van der Waals surface area contributed by atoms with Crippen LogP contribution < -0.4 is 5.32 Å². The van der Waals surface area contributed by atoms with Crippen LogP contribution in [0.5, 0.6) is 0 Å². The number of halogens is 1. The molecule has 5 rings (SSSR count). The molecule has 0 aromatic rings. The van der Waals surface area contributed by atoms with Gasteiger partial charge in [0.1, 0.15) is 0 Å². The van der Waals surface area contributed by atoms with Crippen LogP contribution in [-0.2, 0) is 4.79 Å². The van der Waals surface area contributed by atoms with E-state index < -0.39 is 6.09 Å². The van der Waals surface area contributed by atoms with Crippen LogP contribution in [0.1, 0.15) is 38.5 Å². The molecule has 2 N–H and O–H groups in total. The van der Waals surface area contributed by atoms with E-state index >= 15 is 0 Å². The fourth-order valence-corrected chi connectivity index (χ4v) is 5.90. The molecule has 136 valence electrons. The van der Waals surface area contributed by atoms with E-state index in [0.717, 1.165) is 17.8 Å². The maximum absolute atomic E-state index is 12.5. The summed E-state index contributed by atoms with van der Waals surface area (Å²) in [5.41, 5.74) is 0.0781. The highest BCUT2D eigenvalue weighted by Crippen LogP contribution is 2.55. The SMILES string of the molecule is Cl.O=C(CN1CCN(C(=O)O)CC1)NC12CC3CC(CC(C3)C1)C2. The Bertz CT molecular complexity index is 470. The van der Waals surface area contributed by atoms with E-state index in [1.54, 1.807) is 0 Å². The monoisotopic (exact) mass is 357 g/mol. The third-order valence-electron chi connectivity index (χ3n) is 6.45. The number of hydrogen-bond acceptors (Lipinski definition) is 3. The van der Waals surface area contributed by atoms with Crippen molar-refractivity contribution in [3.05, 3.63) is 0 Å². The standard InChI is InChI=1S/C17H27N3O3.ClH/c21-15(11-19-1-3-20(4-2-19)16(22)23)18-17-8-12-5-13(9-17)7-14(6-12)10-17;/h12-14H,1-11H2,(H,18,21)(H,22,23);1H. The van der Waals surface area contributed by atoms with Crippen molar-refractivity contribution in [3.63, 3.8) is 0 Å². The zero-order chi connectivity index (χ0) is 16.0. The maximum Gasteiger partial charge on any atom is 0.407 e. The van der Waals surface area contributed by atoms with Crippen LogP contribution in [0.3, 0.4) is 0 Å². The lowest BCUT2D eigenvalue weighted by Gasteiger charge is -2.57. The summed E-state index contributed by atoms with van der Waals surface area (Å²) < 4.78 is 0. The Morgan fingerprint density at radius 1 is 0.958 bits per heavy atom. The molecule has 1 saturated heterocycles. The van der Waals surface area contributed by atoms with Crippen LogP contribution in [0.2, 0.25) is 0 Å². The van der Waals surface area contributed by atoms with Gasteiger partial charge in [-0.3, -0.25) is 9.69 Å². The summed E-state index contributed by atoms with van der Waals surface area (Å²) in [6, 6.07) is 0. The first-order valence-corrected chi connectivity index (χ1v) is 9.03. The molecular weight excluding hydrogens is 330 g/mol. The largest absolute Gasteiger partial charge is 0.465 e. The second kappa shape index (κ2) is 6.71. The molecule has 1 heterocycles. The Morgan fingerprint density at radius 2 is 1.46 bits per heavy atom. The summed E-state index contributed by atoms with van der Waals surface area (Å²) in [6.45, 7) is 2.72. The number of rotatable bonds is 3. The molecule has 1 aliphatic heterocycles. The van der Waals surface area contributed by atoms with Crippen molar-refractivity contribution in [1.82, 2.24) is 15.1 Å². The second-order valence-electron chi connectivity index (χ2n) is 8.29. The predicted octanol–water partition coefficient (Wildman–Crippen LogP) is 1.79. The van der Waals surface area contributed by atoms with Crippen molar-refractivity contribution in [2.45, 2.75) is 44.1 Å². The molecule has 0 spiro atoms. The van der Waals surface area contributed by atoms with Gasteiger partial charge in [0.2, 0.25) is 5.91 Å². The summed E-state index contributed by atoms with van der Waals surface area (Å²) in [7, 11) is 0. The van der Waals surface area contributed by atoms with Gasteiger partial charge in [-0.25, -0.2) is 4.79 Å². The molecule has 0 atom stereocenters. The summed E-state index contributed by atoms with van der Waals surface area (Å²) in [5.74, 6) is 2.64. The quantitative estimate of drug-likeness (QED) is 0.807. The number of hydrogen-bond donors (Lipinski definition) is 2. The van der Waals surface area contributed by atoms with Crippen LogP contribution in [0.15, 0.2) is 0 Å². The van der Waals surface area contributed by atoms with E-state index in [1.165, 1.54) is 43.4 Å². The Hall–Kier alpha value is -1.01. The number of nitrogens with one attached hydrogen (secondary N) is 1. The topological polar surface area (TPSA) is 72.9 Å². The van der Waals surface area contributed by atoms with Gasteiger partial charge < -0.3 is 15.3 Å². The fourth-order valence-electron chi connectivity index (χ4n) is 5.90. The highest BCUT2D eigenvalue weighted by atomic mass is 35.5. The highest BCUT2D eigenvalue weighted by molar-refractivity contribution is 5.85. The molecule has 2 amide bonds. The second-order valence-corrected chi connectivity index (χ2v) is 8.29. The van der Waals surface area contributed by atoms with Crippen LogP contribution in [0, 0.1) is 17.8 Å². The van der Waals surface area contributed by atoms with Gasteiger partial charge in [-0.15, -0.1) is 12.4 Å². The van der Waals surface area contributed by atoms with Gasteiger partial charge >= 0.3 is 6.09 Å². The molecular formula is C17H28ClN3O3. The first-order chi connectivity index (χ1) is 11.0. The molecule has 0 aromatic carbocycles. The van der Waals surface area contributed by atoms with E-state index in [4.69, 9.17) is 5.11 Å². The third-order valence-corrected chi connectivity index (χ3v) is 6.45. The van der Waals surface area contributed by atoms with Crippen molar-refractivity contribution >= 4 is 24.4 Å². The lowest BCUT2D eigenvalue weighted by atomic mass is 9.53. The highest BCUT2D eigenvalue weighted by Gasteiger charge is 2.51. The van der Waals surface area contributed by atoms with Crippen molar-refractivity contribution in [1.29, 1.82) is 0 Å². The maximum atomic E-state index is 12.5. The van der Waals surface area contributed by atoms with Crippen LogP contribution in [-0.4, -0.2) is 65.2 Å². The summed E-state index contributed by atoms with van der Waals surface area (Å²) in [4.78, 5) is 27.0. The average Bonchev–Trinajstić information content (AvgIpc) is 2.45. The van der Waals surface area contributed by atoms with Gasteiger partial charge in [0.05, 0.1) is 6.54 Å². The molecule has 4 saturated carbocycles. The minimum absolute atomic E-state index is 0. The Labute approximate surface area is 149 Å². The molecule has 4 aliphatic carbocycles. The molecule has 6 nitrogen and oxygen atoms in total. The van der Waals surface area contributed by atoms with Gasteiger partial charge in [0.15, 0.2) is 0 Å². The number of nitrogens with zero attached hydrogens (tertiary/aromatic N) is 2. The summed E-state index contributed by atoms with van der Waals surface area (Å²) in [6.07, 6.45) is 6.82. The Kier molecular flexibility index (Phi) is 4.98. The van der Waals surface area contributed by atoms with Crippen molar-refractivity contribution < 1.29 is 14.7 Å². The third kappa shape index (κ3) is 3.49. The number of carbonyl (C=O) groups excluding carboxylic acids is 1. The van der Waals surface area contributed by atoms with Crippen molar-refractivity contribution in [2.75, 3.05) is 32.7 Å². The molecule has 5 fully saturated rings. The first kappa shape index (κ1) is 17.8. The number of carbonyl (C=O) groups is 2. The normalized spacial score (nSPS) is 37.8. The van der Waals surface area contributed by atoms with E-state index in [2.05, 4.69) is 10.2 Å². The van der Waals surface area contributed by atoms with Gasteiger partial charge in [-0.1, -0.05) is 0 Å². The molecule has 0 aromatic heterocycles. The Balaban J connectivity index is 0.00000169. The molecule has 7 heteroatoms. The zero-order valence-electron chi connectivity index (χ0n) is 14.1. The van der Waals surface area contributed by atoms with E-state index in [-0.39, 0.29) is 23.9 Å². The molecule has 4 bridgehead atoms. The first-order valence-electron chi connectivity index (χ1n) is 9.03. The van der Waals surface area contributed by atoms with Crippen molar-refractivity contribution in [3.8, 4) is 0 Å². The molecule has 0 unspecified atom stereocenters. The van der Waals surface area contributed by atoms with Gasteiger partial charge in [0, 0.05) is 31.7 Å². The minimum atomic E-state index is -0.859. The zero-order valence-corrected chi connectivity index (χ0v) is 14.9. The molecule has 5 aliphatic rings.